The van der Waals surface area contributed by atoms with Gasteiger partial charge in [-0.2, -0.15) is 0 Å². The highest BCUT2D eigenvalue weighted by molar-refractivity contribution is 6.16. The van der Waals surface area contributed by atoms with E-state index in [-0.39, 0.29) is 17.3 Å². The molecule has 0 aliphatic rings. The predicted octanol–water partition coefficient (Wildman–Crippen LogP) is 3.14. The van der Waals surface area contributed by atoms with Crippen molar-refractivity contribution >= 4 is 11.6 Å². The molecule has 6 heteroatoms. The topological polar surface area (TPSA) is 30.7 Å². The number of hydrogen-bond donors (Lipinski definition) is 0. The van der Waals surface area contributed by atoms with Crippen LogP contribution in [0.1, 0.15) is 44.0 Å². The Kier molecular flexibility index (Phi) is 4.94. The molecule has 0 aliphatic heterocycles. The Balaban J connectivity index is 2.73. The average Bonchev–Trinajstić information content (AvgIpc) is 2.61. The van der Waals surface area contributed by atoms with Crippen LogP contribution in [0.15, 0.2) is 0 Å². The molecule has 0 aliphatic carbocycles. The van der Waals surface area contributed by atoms with E-state index in [2.05, 4.69) is 17.2 Å². The van der Waals surface area contributed by atoms with Gasteiger partial charge in [-0.1, -0.05) is 25.0 Å². The number of nitrogens with zero attached hydrogens (tertiary/aromatic N) is 3. The lowest BCUT2D eigenvalue weighted by Crippen LogP contribution is -2.06. The molecule has 0 amide bonds. The lowest BCUT2D eigenvalue weighted by Gasteiger charge is -2.05. The Labute approximate surface area is 92.4 Å². The van der Waals surface area contributed by atoms with Crippen LogP contribution in [0.5, 0.6) is 0 Å². The number of halogens is 3. The van der Waals surface area contributed by atoms with Gasteiger partial charge in [0.1, 0.15) is 11.4 Å². The van der Waals surface area contributed by atoms with E-state index in [4.69, 9.17) is 11.6 Å². The summed E-state index contributed by atoms with van der Waals surface area (Å²) >= 11 is 5.50. The Bertz CT molecular complexity index is 302. The normalized spacial score (nSPS) is 11.3. The molecule has 1 heterocycles. The van der Waals surface area contributed by atoms with E-state index in [9.17, 15) is 8.78 Å². The molecular weight excluding hydrogens is 224 g/mol. The van der Waals surface area contributed by atoms with Gasteiger partial charge in [-0.05, 0) is 6.42 Å². The molecule has 0 spiro atoms. The molecule has 0 radical (unpaired) electrons. The molecule has 0 atom stereocenters. The first-order chi connectivity index (χ1) is 7.20. The van der Waals surface area contributed by atoms with Gasteiger partial charge in [-0.25, -0.2) is 13.5 Å². The van der Waals surface area contributed by atoms with E-state index < -0.39 is 6.43 Å². The van der Waals surface area contributed by atoms with E-state index in [0.717, 1.165) is 19.3 Å². The minimum Gasteiger partial charge on any atom is -0.243 e. The zero-order valence-corrected chi connectivity index (χ0v) is 9.34. The van der Waals surface area contributed by atoms with Gasteiger partial charge in [0.25, 0.3) is 6.43 Å². The molecule has 0 bridgehead atoms. The van der Waals surface area contributed by atoms with E-state index >= 15 is 0 Å². The summed E-state index contributed by atoms with van der Waals surface area (Å²) in [6.07, 6.45) is 0.316. The SMILES string of the molecule is CCCCCn1nnc(CCl)c1C(F)F. The van der Waals surface area contributed by atoms with Gasteiger partial charge >= 0.3 is 0 Å². The molecule has 0 fully saturated rings. The van der Waals surface area contributed by atoms with Crippen LogP contribution in [-0.2, 0) is 12.4 Å². The largest absolute Gasteiger partial charge is 0.281 e. The molecular formula is C9H14ClF2N3. The van der Waals surface area contributed by atoms with Crippen molar-refractivity contribution in [1.82, 2.24) is 15.0 Å². The summed E-state index contributed by atoms with van der Waals surface area (Å²) in [6.45, 7) is 2.54. The molecule has 0 aromatic carbocycles. The Hall–Kier alpha value is -0.710. The maximum absolute atomic E-state index is 12.7. The zero-order chi connectivity index (χ0) is 11.3. The van der Waals surface area contributed by atoms with Crippen LogP contribution < -0.4 is 0 Å². The number of aryl methyl sites for hydroxylation is 1. The maximum Gasteiger partial charge on any atom is 0.281 e. The van der Waals surface area contributed by atoms with Crippen molar-refractivity contribution in [3.8, 4) is 0 Å². The molecule has 1 aromatic heterocycles. The van der Waals surface area contributed by atoms with Crippen LogP contribution in [0.4, 0.5) is 8.78 Å². The van der Waals surface area contributed by atoms with E-state index in [1.165, 1.54) is 4.68 Å². The first kappa shape index (κ1) is 12.4. The smallest absolute Gasteiger partial charge is 0.243 e. The fourth-order valence-corrected chi connectivity index (χ4v) is 1.56. The minimum atomic E-state index is -2.56. The molecule has 1 aromatic rings. The summed E-state index contributed by atoms with van der Waals surface area (Å²) < 4.78 is 26.6. The molecule has 15 heavy (non-hydrogen) atoms. The summed E-state index contributed by atoms with van der Waals surface area (Å²) in [5.74, 6) is -0.0204. The summed E-state index contributed by atoms with van der Waals surface area (Å²) in [6, 6.07) is 0. The summed E-state index contributed by atoms with van der Waals surface area (Å²) in [5, 5.41) is 7.32. The Morgan fingerprint density at radius 1 is 1.40 bits per heavy atom. The van der Waals surface area contributed by atoms with Crippen LogP contribution in [0.25, 0.3) is 0 Å². The van der Waals surface area contributed by atoms with Gasteiger partial charge in [0.2, 0.25) is 0 Å². The second-order valence-corrected chi connectivity index (χ2v) is 3.55. The van der Waals surface area contributed by atoms with Gasteiger partial charge < -0.3 is 0 Å². The van der Waals surface area contributed by atoms with Crippen LogP contribution in [0.3, 0.4) is 0 Å². The average molecular weight is 238 g/mol. The van der Waals surface area contributed by atoms with Crippen molar-refractivity contribution in [2.75, 3.05) is 0 Å². The van der Waals surface area contributed by atoms with E-state index in [1.54, 1.807) is 0 Å². The minimum absolute atomic E-state index is 0.0204. The Morgan fingerprint density at radius 3 is 2.67 bits per heavy atom. The number of rotatable bonds is 6. The van der Waals surface area contributed by atoms with Crippen molar-refractivity contribution in [1.29, 1.82) is 0 Å². The molecule has 0 saturated carbocycles. The fraction of sp³-hybridized carbons (Fsp3) is 0.778. The van der Waals surface area contributed by atoms with Crippen molar-refractivity contribution in [2.24, 2.45) is 0 Å². The predicted molar refractivity (Wildman–Crippen MR) is 54.1 cm³/mol. The highest BCUT2D eigenvalue weighted by Gasteiger charge is 2.20. The number of aromatic nitrogens is 3. The fourth-order valence-electron chi connectivity index (χ4n) is 1.37. The van der Waals surface area contributed by atoms with Crippen LogP contribution in [0, 0.1) is 0 Å². The highest BCUT2D eigenvalue weighted by atomic mass is 35.5. The lowest BCUT2D eigenvalue weighted by atomic mass is 10.2. The van der Waals surface area contributed by atoms with Crippen molar-refractivity contribution in [3.63, 3.8) is 0 Å². The zero-order valence-electron chi connectivity index (χ0n) is 8.59. The Morgan fingerprint density at radius 2 is 2.13 bits per heavy atom. The summed E-state index contributed by atoms with van der Waals surface area (Å²) in [5.41, 5.74) is 0.0456. The lowest BCUT2D eigenvalue weighted by molar-refractivity contribution is 0.137. The first-order valence-corrected chi connectivity index (χ1v) is 5.50. The van der Waals surface area contributed by atoms with E-state index in [1.807, 2.05) is 0 Å². The van der Waals surface area contributed by atoms with E-state index in [0.29, 0.717) is 6.54 Å². The monoisotopic (exact) mass is 237 g/mol. The standard InChI is InChI=1S/C9H14ClF2N3/c1-2-3-4-5-15-8(9(11)12)7(6-10)13-14-15/h9H,2-6H2,1H3. The second kappa shape index (κ2) is 6.00. The third-order valence-corrected chi connectivity index (χ3v) is 2.41. The second-order valence-electron chi connectivity index (χ2n) is 3.29. The maximum atomic E-state index is 12.7. The molecule has 0 saturated heterocycles. The summed E-state index contributed by atoms with van der Waals surface area (Å²) in [7, 11) is 0. The molecule has 86 valence electrons. The van der Waals surface area contributed by atoms with Crippen molar-refractivity contribution < 1.29 is 8.78 Å². The van der Waals surface area contributed by atoms with Gasteiger partial charge in [0.15, 0.2) is 0 Å². The van der Waals surface area contributed by atoms with Gasteiger partial charge in [0.05, 0.1) is 5.88 Å². The molecule has 3 nitrogen and oxygen atoms in total. The molecule has 1 rings (SSSR count). The highest BCUT2D eigenvalue weighted by Crippen LogP contribution is 2.22. The molecule has 0 unspecified atom stereocenters. The first-order valence-electron chi connectivity index (χ1n) is 4.97. The summed E-state index contributed by atoms with van der Waals surface area (Å²) in [4.78, 5) is 0. The quantitative estimate of drug-likeness (QED) is 0.562. The van der Waals surface area contributed by atoms with Gasteiger partial charge in [-0.3, -0.25) is 0 Å². The van der Waals surface area contributed by atoms with Crippen LogP contribution in [0.2, 0.25) is 0 Å². The van der Waals surface area contributed by atoms with Crippen LogP contribution >= 0.6 is 11.6 Å². The number of hydrogen-bond acceptors (Lipinski definition) is 2. The number of unbranched alkanes of at least 4 members (excludes halogenated alkanes) is 2. The third kappa shape index (κ3) is 3.12. The number of alkyl halides is 3. The van der Waals surface area contributed by atoms with Gasteiger partial charge in [0, 0.05) is 6.54 Å². The molecule has 0 N–H and O–H groups in total. The van der Waals surface area contributed by atoms with Crippen LogP contribution in [-0.4, -0.2) is 15.0 Å². The van der Waals surface area contributed by atoms with Crippen molar-refractivity contribution in [2.45, 2.75) is 45.0 Å². The third-order valence-electron chi connectivity index (χ3n) is 2.15. The van der Waals surface area contributed by atoms with Crippen molar-refractivity contribution in [3.05, 3.63) is 11.4 Å². The van der Waals surface area contributed by atoms with Gasteiger partial charge in [-0.15, -0.1) is 16.7 Å².